The molecule has 0 fully saturated rings. The highest BCUT2D eigenvalue weighted by Crippen LogP contribution is 2.33. The number of amides is 1. The molecule has 9 heteroatoms. The lowest BCUT2D eigenvalue weighted by Crippen LogP contribution is -2.39. The molecule has 0 unspecified atom stereocenters. The summed E-state index contributed by atoms with van der Waals surface area (Å²) in [5, 5.41) is 0.365. The van der Waals surface area contributed by atoms with E-state index in [4.69, 9.17) is 4.74 Å². The van der Waals surface area contributed by atoms with E-state index in [-0.39, 0.29) is 17.2 Å². The van der Waals surface area contributed by atoms with Gasteiger partial charge in [0.05, 0.1) is 29.2 Å². The van der Waals surface area contributed by atoms with E-state index in [9.17, 15) is 14.0 Å². The Kier molecular flexibility index (Phi) is 5.41. The number of aryl methyl sites for hydroxylation is 2. The van der Waals surface area contributed by atoms with Crippen molar-refractivity contribution in [3.8, 4) is 11.4 Å². The standard InChI is InChI=1S/C24H21FN4O3S/c1-14-3-8-20-19(11-14)28(9-10-32-20)21(30)13-33-24-27-18-12-15(2)26-22(18)23(31)29(24)17-6-4-16(25)5-7-17/h3-8,11-12,26H,9-10,13H2,1-2H3. The number of ether oxygens (including phenoxy) is 1. The van der Waals surface area contributed by atoms with Crippen molar-refractivity contribution in [2.24, 2.45) is 0 Å². The summed E-state index contributed by atoms with van der Waals surface area (Å²) in [6, 6.07) is 13.2. The summed E-state index contributed by atoms with van der Waals surface area (Å²) in [4.78, 5) is 35.8. The van der Waals surface area contributed by atoms with E-state index in [1.807, 2.05) is 32.0 Å². The third-order valence-electron chi connectivity index (χ3n) is 5.44. The van der Waals surface area contributed by atoms with Gasteiger partial charge in [-0.15, -0.1) is 0 Å². The Labute approximate surface area is 193 Å². The van der Waals surface area contributed by atoms with Crippen molar-refractivity contribution in [1.82, 2.24) is 14.5 Å². The minimum Gasteiger partial charge on any atom is -0.490 e. The van der Waals surface area contributed by atoms with E-state index in [0.717, 1.165) is 16.9 Å². The molecule has 3 heterocycles. The number of aromatic nitrogens is 3. The zero-order valence-electron chi connectivity index (χ0n) is 18.1. The molecule has 1 aliphatic heterocycles. The van der Waals surface area contributed by atoms with Crippen molar-refractivity contribution in [3.63, 3.8) is 0 Å². The number of carbonyl (C=O) groups is 1. The van der Waals surface area contributed by atoms with Gasteiger partial charge in [-0.1, -0.05) is 17.8 Å². The minimum atomic E-state index is -0.401. The van der Waals surface area contributed by atoms with Gasteiger partial charge in [0.1, 0.15) is 23.7 Å². The molecular weight excluding hydrogens is 443 g/mol. The average Bonchev–Trinajstić information content (AvgIpc) is 3.18. The molecule has 2 aromatic carbocycles. The van der Waals surface area contributed by atoms with Crippen LogP contribution in [0.1, 0.15) is 11.3 Å². The van der Waals surface area contributed by atoms with E-state index >= 15 is 0 Å². The van der Waals surface area contributed by atoms with Gasteiger partial charge < -0.3 is 14.6 Å². The fraction of sp³-hybridized carbons (Fsp3) is 0.208. The van der Waals surface area contributed by atoms with Gasteiger partial charge in [-0.2, -0.15) is 0 Å². The van der Waals surface area contributed by atoms with Crippen LogP contribution in [0.2, 0.25) is 0 Å². The smallest absolute Gasteiger partial charge is 0.283 e. The van der Waals surface area contributed by atoms with E-state index < -0.39 is 5.82 Å². The topological polar surface area (TPSA) is 80.2 Å². The Morgan fingerprint density at radius 2 is 1.97 bits per heavy atom. The number of carbonyl (C=O) groups excluding carboxylic acids is 1. The number of halogens is 1. The molecule has 0 bridgehead atoms. The maximum Gasteiger partial charge on any atom is 0.283 e. The number of benzene rings is 2. The maximum absolute atomic E-state index is 13.5. The van der Waals surface area contributed by atoms with Gasteiger partial charge in [0.2, 0.25) is 5.91 Å². The maximum atomic E-state index is 13.5. The largest absolute Gasteiger partial charge is 0.490 e. The number of rotatable bonds is 4. The number of hydrogen-bond donors (Lipinski definition) is 1. The van der Waals surface area contributed by atoms with Crippen LogP contribution < -0.4 is 15.2 Å². The quantitative estimate of drug-likeness (QED) is 0.365. The van der Waals surface area contributed by atoms with Crippen molar-refractivity contribution >= 4 is 34.4 Å². The number of anilines is 1. The second-order valence-corrected chi connectivity index (χ2v) is 8.82. The predicted molar refractivity (Wildman–Crippen MR) is 126 cm³/mol. The summed E-state index contributed by atoms with van der Waals surface area (Å²) >= 11 is 1.18. The van der Waals surface area contributed by atoms with Crippen molar-refractivity contribution in [2.75, 3.05) is 23.8 Å². The molecule has 4 aromatic rings. The summed E-state index contributed by atoms with van der Waals surface area (Å²) in [5.41, 5.74) is 3.65. The molecule has 7 nitrogen and oxygen atoms in total. The first kappa shape index (κ1) is 21.3. The Hall–Kier alpha value is -3.59. The summed E-state index contributed by atoms with van der Waals surface area (Å²) in [6.07, 6.45) is 0. The molecule has 0 spiro atoms. The minimum absolute atomic E-state index is 0.0793. The van der Waals surface area contributed by atoms with E-state index in [2.05, 4.69) is 9.97 Å². The average molecular weight is 465 g/mol. The lowest BCUT2D eigenvalue weighted by atomic mass is 10.1. The molecular formula is C24H21FN4O3S. The molecule has 0 aliphatic carbocycles. The Morgan fingerprint density at radius 3 is 2.76 bits per heavy atom. The van der Waals surface area contributed by atoms with Gasteiger partial charge in [0, 0.05) is 5.69 Å². The van der Waals surface area contributed by atoms with Crippen molar-refractivity contribution in [3.05, 3.63) is 76.0 Å². The molecule has 168 valence electrons. The van der Waals surface area contributed by atoms with Crippen LogP contribution in [-0.4, -0.2) is 39.3 Å². The van der Waals surface area contributed by atoms with Gasteiger partial charge >= 0.3 is 0 Å². The number of aromatic amines is 1. The number of nitrogens with zero attached hydrogens (tertiary/aromatic N) is 3. The van der Waals surface area contributed by atoms with Crippen LogP contribution in [0, 0.1) is 19.7 Å². The first-order valence-corrected chi connectivity index (χ1v) is 11.4. The van der Waals surface area contributed by atoms with Crippen LogP contribution in [0.15, 0.2) is 58.5 Å². The highest BCUT2D eigenvalue weighted by atomic mass is 32.2. The second-order valence-electron chi connectivity index (χ2n) is 7.88. The highest BCUT2D eigenvalue weighted by Gasteiger charge is 2.25. The molecule has 33 heavy (non-hydrogen) atoms. The number of nitrogens with one attached hydrogen (secondary N) is 1. The van der Waals surface area contributed by atoms with Crippen LogP contribution in [-0.2, 0) is 4.79 Å². The number of H-pyrrole nitrogens is 1. The zero-order valence-corrected chi connectivity index (χ0v) is 18.9. The van der Waals surface area contributed by atoms with E-state index in [0.29, 0.717) is 40.8 Å². The Bertz CT molecular complexity index is 1430. The van der Waals surface area contributed by atoms with Crippen molar-refractivity contribution in [1.29, 1.82) is 0 Å². The molecule has 0 radical (unpaired) electrons. The Balaban J connectivity index is 1.50. The first-order valence-electron chi connectivity index (χ1n) is 10.5. The lowest BCUT2D eigenvalue weighted by molar-refractivity contribution is -0.116. The summed E-state index contributed by atoms with van der Waals surface area (Å²) in [7, 11) is 0. The number of fused-ring (bicyclic) bond motifs is 2. The number of thioether (sulfide) groups is 1. The van der Waals surface area contributed by atoms with Crippen LogP contribution >= 0.6 is 11.8 Å². The van der Waals surface area contributed by atoms with Crippen LogP contribution in [0.3, 0.4) is 0 Å². The van der Waals surface area contributed by atoms with Gasteiger partial charge in [-0.05, 0) is 61.9 Å². The molecule has 0 saturated carbocycles. The van der Waals surface area contributed by atoms with Gasteiger partial charge in [-0.3, -0.25) is 14.2 Å². The van der Waals surface area contributed by atoms with Gasteiger partial charge in [-0.25, -0.2) is 9.37 Å². The number of hydrogen-bond acceptors (Lipinski definition) is 5. The normalized spacial score (nSPS) is 13.1. The van der Waals surface area contributed by atoms with Crippen LogP contribution in [0.5, 0.6) is 5.75 Å². The molecule has 1 N–H and O–H groups in total. The fourth-order valence-corrected chi connectivity index (χ4v) is 4.77. The van der Waals surface area contributed by atoms with Crippen molar-refractivity contribution < 1.29 is 13.9 Å². The van der Waals surface area contributed by atoms with Gasteiger partial charge in [0.15, 0.2) is 5.16 Å². The fourth-order valence-electron chi connectivity index (χ4n) is 3.88. The monoisotopic (exact) mass is 464 g/mol. The molecule has 5 rings (SSSR count). The van der Waals surface area contributed by atoms with Crippen LogP contribution in [0.4, 0.5) is 10.1 Å². The summed E-state index contributed by atoms with van der Waals surface area (Å²) in [5.74, 6) is 0.244. The Morgan fingerprint density at radius 1 is 1.18 bits per heavy atom. The molecule has 2 aromatic heterocycles. The van der Waals surface area contributed by atoms with Gasteiger partial charge in [0.25, 0.3) is 5.56 Å². The van der Waals surface area contributed by atoms with Crippen LogP contribution in [0.25, 0.3) is 16.7 Å². The third-order valence-corrected chi connectivity index (χ3v) is 6.37. The SMILES string of the molecule is Cc1ccc2c(c1)N(C(=O)CSc1nc3cc(C)[nH]c3c(=O)n1-c1ccc(F)cc1)CCO2. The van der Waals surface area contributed by atoms with Crippen molar-refractivity contribution in [2.45, 2.75) is 19.0 Å². The predicted octanol–water partition coefficient (Wildman–Crippen LogP) is 3.99. The first-order chi connectivity index (χ1) is 15.9. The summed E-state index contributed by atoms with van der Waals surface area (Å²) in [6.45, 7) is 4.67. The molecule has 1 aliphatic rings. The highest BCUT2D eigenvalue weighted by molar-refractivity contribution is 7.99. The van der Waals surface area contributed by atoms with E-state index in [1.165, 1.54) is 40.6 Å². The zero-order chi connectivity index (χ0) is 23.1. The lowest BCUT2D eigenvalue weighted by Gasteiger charge is -2.29. The summed E-state index contributed by atoms with van der Waals surface area (Å²) < 4.78 is 20.6. The molecule has 0 atom stereocenters. The molecule has 0 saturated heterocycles. The molecule has 1 amide bonds. The third kappa shape index (κ3) is 4.00. The second kappa shape index (κ2) is 8.40. The van der Waals surface area contributed by atoms with E-state index in [1.54, 1.807) is 11.0 Å².